The Morgan fingerprint density at radius 2 is 1.06 bits per heavy atom. The SMILES string of the molecule is OB(O)O.c1ccc2c(c1)Cc1ccccc1-2. The zero-order valence-electron chi connectivity index (χ0n) is 9.24. The van der Waals surface area contributed by atoms with Crippen LogP contribution in [0.5, 0.6) is 0 Å². The average molecular weight is 228 g/mol. The molecule has 0 aromatic heterocycles. The summed E-state index contributed by atoms with van der Waals surface area (Å²) in [5.41, 5.74) is 5.75. The van der Waals surface area contributed by atoms with Crippen molar-refractivity contribution in [3.63, 3.8) is 0 Å². The van der Waals surface area contributed by atoms with E-state index in [0.29, 0.717) is 0 Å². The quantitative estimate of drug-likeness (QED) is 0.507. The van der Waals surface area contributed by atoms with Gasteiger partial charge in [0.25, 0.3) is 0 Å². The standard InChI is InChI=1S/C13H10.BH3O3/c1-3-7-12-10(5-1)9-11-6-2-4-8-13(11)12;2-1(3)4/h1-8H,9H2;2-4H. The van der Waals surface area contributed by atoms with Crippen molar-refractivity contribution in [1.82, 2.24) is 0 Å². The molecule has 0 fully saturated rings. The van der Waals surface area contributed by atoms with E-state index in [1.165, 1.54) is 22.3 Å². The first-order chi connectivity index (χ1) is 8.18. The molecule has 0 amide bonds. The normalized spacial score (nSPS) is 11.0. The van der Waals surface area contributed by atoms with Crippen LogP contribution in [0.15, 0.2) is 48.5 Å². The maximum atomic E-state index is 7.17. The fourth-order valence-corrected chi connectivity index (χ4v) is 2.08. The fraction of sp³-hybridized carbons (Fsp3) is 0.0769. The number of fused-ring (bicyclic) bond motifs is 3. The van der Waals surface area contributed by atoms with Gasteiger partial charge >= 0.3 is 7.32 Å². The topological polar surface area (TPSA) is 60.7 Å². The van der Waals surface area contributed by atoms with Crippen LogP contribution in [0.4, 0.5) is 0 Å². The predicted molar refractivity (Wildman–Crippen MR) is 67.1 cm³/mol. The summed E-state index contributed by atoms with van der Waals surface area (Å²) in [4.78, 5) is 0. The average Bonchev–Trinajstić information content (AvgIpc) is 2.66. The van der Waals surface area contributed by atoms with Crippen molar-refractivity contribution in [2.75, 3.05) is 0 Å². The van der Waals surface area contributed by atoms with Gasteiger partial charge < -0.3 is 15.1 Å². The Bertz CT molecular complexity index is 465. The summed E-state index contributed by atoms with van der Waals surface area (Å²) in [5, 5.41) is 21.5. The van der Waals surface area contributed by atoms with E-state index in [-0.39, 0.29) is 0 Å². The van der Waals surface area contributed by atoms with E-state index in [9.17, 15) is 0 Å². The summed E-state index contributed by atoms with van der Waals surface area (Å²) in [6, 6.07) is 17.3. The van der Waals surface area contributed by atoms with E-state index in [1.807, 2.05) is 0 Å². The summed E-state index contributed by atoms with van der Waals surface area (Å²) >= 11 is 0. The van der Waals surface area contributed by atoms with Crippen LogP contribution < -0.4 is 0 Å². The van der Waals surface area contributed by atoms with Crippen LogP contribution in [-0.4, -0.2) is 22.4 Å². The van der Waals surface area contributed by atoms with Crippen LogP contribution in [0.25, 0.3) is 11.1 Å². The zero-order valence-corrected chi connectivity index (χ0v) is 9.24. The fourth-order valence-electron chi connectivity index (χ4n) is 2.08. The summed E-state index contributed by atoms with van der Waals surface area (Å²) < 4.78 is 0. The second-order valence-electron chi connectivity index (χ2n) is 3.84. The molecule has 86 valence electrons. The van der Waals surface area contributed by atoms with Crippen LogP contribution in [0.3, 0.4) is 0 Å². The van der Waals surface area contributed by atoms with Gasteiger partial charge in [0.1, 0.15) is 0 Å². The Hall–Kier alpha value is -1.62. The summed E-state index contributed by atoms with van der Waals surface area (Å²) in [6.07, 6.45) is 1.10. The Kier molecular flexibility index (Phi) is 3.59. The zero-order chi connectivity index (χ0) is 12.3. The minimum absolute atomic E-state index is 1.10. The highest BCUT2D eigenvalue weighted by atomic mass is 16.5. The van der Waals surface area contributed by atoms with E-state index in [0.717, 1.165) is 6.42 Å². The Morgan fingerprint density at radius 1 is 0.706 bits per heavy atom. The number of hydrogen-bond acceptors (Lipinski definition) is 3. The van der Waals surface area contributed by atoms with Crippen LogP contribution in [0.1, 0.15) is 11.1 Å². The van der Waals surface area contributed by atoms with Gasteiger partial charge in [0.05, 0.1) is 0 Å². The lowest BCUT2D eigenvalue weighted by molar-refractivity contribution is 0.278. The summed E-state index contributed by atoms with van der Waals surface area (Å²) in [5.74, 6) is 0. The molecule has 2 aromatic carbocycles. The number of hydrogen-bond donors (Lipinski definition) is 3. The van der Waals surface area contributed by atoms with Gasteiger partial charge in [-0.05, 0) is 28.7 Å². The molecular weight excluding hydrogens is 215 g/mol. The smallest absolute Gasteiger partial charge is 0.402 e. The molecule has 0 aliphatic heterocycles. The van der Waals surface area contributed by atoms with E-state index in [2.05, 4.69) is 48.5 Å². The molecule has 1 aliphatic rings. The molecule has 0 unspecified atom stereocenters. The number of benzene rings is 2. The van der Waals surface area contributed by atoms with Gasteiger partial charge in [-0.3, -0.25) is 0 Å². The molecule has 3 N–H and O–H groups in total. The van der Waals surface area contributed by atoms with E-state index in [4.69, 9.17) is 15.1 Å². The van der Waals surface area contributed by atoms with Crippen LogP contribution >= 0.6 is 0 Å². The van der Waals surface area contributed by atoms with Crippen molar-refractivity contribution >= 4 is 7.32 Å². The van der Waals surface area contributed by atoms with Crippen molar-refractivity contribution < 1.29 is 15.1 Å². The van der Waals surface area contributed by atoms with E-state index in [1.54, 1.807) is 0 Å². The van der Waals surface area contributed by atoms with Gasteiger partial charge in [-0.2, -0.15) is 0 Å². The molecule has 0 saturated carbocycles. The first kappa shape index (κ1) is 11.9. The molecule has 0 heterocycles. The van der Waals surface area contributed by atoms with Gasteiger partial charge in [-0.15, -0.1) is 0 Å². The van der Waals surface area contributed by atoms with Gasteiger partial charge in [-0.1, -0.05) is 48.5 Å². The Labute approximate surface area is 100 Å². The first-order valence-electron chi connectivity index (χ1n) is 5.39. The maximum Gasteiger partial charge on any atom is 0.631 e. The molecule has 1 aliphatic carbocycles. The molecule has 4 heteroatoms. The third kappa shape index (κ3) is 2.74. The van der Waals surface area contributed by atoms with Gasteiger partial charge in [0.15, 0.2) is 0 Å². The molecule has 0 radical (unpaired) electrons. The number of rotatable bonds is 0. The van der Waals surface area contributed by atoms with E-state index < -0.39 is 7.32 Å². The van der Waals surface area contributed by atoms with Crippen molar-refractivity contribution in [3.8, 4) is 11.1 Å². The van der Waals surface area contributed by atoms with Gasteiger partial charge in [-0.25, -0.2) is 0 Å². The molecule has 3 rings (SSSR count). The van der Waals surface area contributed by atoms with Crippen molar-refractivity contribution in [2.45, 2.75) is 6.42 Å². The lowest BCUT2D eigenvalue weighted by Crippen LogP contribution is -2.07. The Balaban J connectivity index is 0.000000239. The second kappa shape index (κ2) is 5.14. The first-order valence-corrected chi connectivity index (χ1v) is 5.39. The predicted octanol–water partition coefficient (Wildman–Crippen LogP) is 1.21. The minimum Gasteiger partial charge on any atom is -0.402 e. The molecule has 2 aromatic rings. The summed E-state index contributed by atoms with van der Waals surface area (Å²) in [7, 11) is -2.17. The highest BCUT2D eigenvalue weighted by Crippen LogP contribution is 2.35. The molecule has 0 saturated heterocycles. The van der Waals surface area contributed by atoms with Crippen LogP contribution in [-0.2, 0) is 6.42 Å². The Morgan fingerprint density at radius 3 is 1.47 bits per heavy atom. The summed E-state index contributed by atoms with van der Waals surface area (Å²) in [6.45, 7) is 0. The molecule has 3 nitrogen and oxygen atoms in total. The second-order valence-corrected chi connectivity index (χ2v) is 3.84. The highest BCUT2D eigenvalue weighted by molar-refractivity contribution is 6.30. The largest absolute Gasteiger partial charge is 0.631 e. The molecule has 0 bridgehead atoms. The van der Waals surface area contributed by atoms with Crippen LogP contribution in [0, 0.1) is 0 Å². The van der Waals surface area contributed by atoms with Crippen LogP contribution in [0.2, 0.25) is 0 Å². The van der Waals surface area contributed by atoms with Gasteiger partial charge in [0, 0.05) is 0 Å². The lowest BCUT2D eigenvalue weighted by atomic mass is 10.1. The van der Waals surface area contributed by atoms with E-state index >= 15 is 0 Å². The third-order valence-electron chi connectivity index (χ3n) is 2.71. The molecule has 0 atom stereocenters. The highest BCUT2D eigenvalue weighted by Gasteiger charge is 2.15. The third-order valence-corrected chi connectivity index (χ3v) is 2.71. The minimum atomic E-state index is -2.17. The lowest BCUT2D eigenvalue weighted by Gasteiger charge is -1.98. The maximum absolute atomic E-state index is 7.17. The van der Waals surface area contributed by atoms with Crippen molar-refractivity contribution in [2.24, 2.45) is 0 Å². The monoisotopic (exact) mass is 228 g/mol. The molecule has 17 heavy (non-hydrogen) atoms. The van der Waals surface area contributed by atoms with Crippen molar-refractivity contribution in [3.05, 3.63) is 59.7 Å². The molecule has 0 spiro atoms. The molecular formula is C13H13BO3. The van der Waals surface area contributed by atoms with Gasteiger partial charge in [0.2, 0.25) is 0 Å². The van der Waals surface area contributed by atoms with Crippen molar-refractivity contribution in [1.29, 1.82) is 0 Å².